The van der Waals surface area contributed by atoms with E-state index < -0.39 is 0 Å². The van der Waals surface area contributed by atoms with E-state index in [9.17, 15) is 10.2 Å². The zero-order valence-corrected chi connectivity index (χ0v) is 11.5. The molecule has 0 heterocycles. The smallest absolute Gasteiger partial charge is 0.115 e. The van der Waals surface area contributed by atoms with Crippen LogP contribution in [0.4, 0.5) is 0 Å². The SMILES string of the molecule is Oc1ccc([C@H]2CC[C@@H](c3ccc(O)cc3)CC2)cc1. The van der Waals surface area contributed by atoms with E-state index in [1.54, 1.807) is 24.3 Å². The molecule has 0 aromatic heterocycles. The van der Waals surface area contributed by atoms with Crippen LogP contribution in [0.2, 0.25) is 0 Å². The third-order valence-corrected chi connectivity index (χ3v) is 4.46. The lowest BCUT2D eigenvalue weighted by molar-refractivity contribution is 0.395. The standard InChI is InChI=1S/C18H20O2/c19-17-9-5-15(6-10-17)13-1-2-14(4-3-13)16-7-11-18(20)12-8-16/h5-14,19-20H,1-4H2/t13-,14+. The van der Waals surface area contributed by atoms with Gasteiger partial charge in [0.25, 0.3) is 0 Å². The van der Waals surface area contributed by atoms with Crippen LogP contribution in [0.3, 0.4) is 0 Å². The minimum Gasteiger partial charge on any atom is -0.508 e. The Morgan fingerprint density at radius 2 is 0.850 bits per heavy atom. The minimum atomic E-state index is 0.339. The van der Waals surface area contributed by atoms with Gasteiger partial charge in [0.05, 0.1) is 0 Å². The molecule has 0 saturated heterocycles. The van der Waals surface area contributed by atoms with Crippen LogP contribution in [0.25, 0.3) is 0 Å². The summed E-state index contributed by atoms with van der Waals surface area (Å²) in [5.41, 5.74) is 2.68. The van der Waals surface area contributed by atoms with Gasteiger partial charge in [0.15, 0.2) is 0 Å². The second-order valence-corrected chi connectivity index (χ2v) is 5.73. The van der Waals surface area contributed by atoms with Crippen LogP contribution in [-0.4, -0.2) is 10.2 Å². The van der Waals surface area contributed by atoms with Gasteiger partial charge in [-0.15, -0.1) is 0 Å². The summed E-state index contributed by atoms with van der Waals surface area (Å²) in [6.45, 7) is 0. The molecule has 2 nitrogen and oxygen atoms in total. The predicted octanol–water partition coefficient (Wildman–Crippen LogP) is 4.54. The summed E-state index contributed by atoms with van der Waals surface area (Å²) in [5.74, 6) is 1.91. The molecule has 0 amide bonds. The number of phenolic OH excluding ortho intramolecular Hbond substituents is 2. The molecule has 0 spiro atoms. The Hall–Kier alpha value is -1.96. The Kier molecular flexibility index (Phi) is 3.64. The molecule has 104 valence electrons. The van der Waals surface area contributed by atoms with Crippen molar-refractivity contribution in [3.63, 3.8) is 0 Å². The van der Waals surface area contributed by atoms with Gasteiger partial charge in [0.1, 0.15) is 11.5 Å². The number of rotatable bonds is 2. The quantitative estimate of drug-likeness (QED) is 0.839. The fourth-order valence-corrected chi connectivity index (χ4v) is 3.25. The van der Waals surface area contributed by atoms with Gasteiger partial charge >= 0.3 is 0 Å². The van der Waals surface area contributed by atoms with Crippen LogP contribution in [0.1, 0.15) is 48.6 Å². The topological polar surface area (TPSA) is 40.5 Å². The van der Waals surface area contributed by atoms with Gasteiger partial charge in [-0.25, -0.2) is 0 Å². The van der Waals surface area contributed by atoms with Crippen LogP contribution in [0.15, 0.2) is 48.5 Å². The summed E-state index contributed by atoms with van der Waals surface area (Å²) in [6.07, 6.45) is 4.76. The van der Waals surface area contributed by atoms with Gasteiger partial charge < -0.3 is 10.2 Å². The molecule has 0 aliphatic heterocycles. The highest BCUT2D eigenvalue weighted by molar-refractivity contribution is 5.31. The van der Waals surface area contributed by atoms with Crippen molar-refractivity contribution in [2.24, 2.45) is 0 Å². The molecule has 0 radical (unpaired) electrons. The number of benzene rings is 2. The lowest BCUT2D eigenvalue weighted by atomic mass is 9.76. The summed E-state index contributed by atoms with van der Waals surface area (Å²) >= 11 is 0. The molecule has 0 bridgehead atoms. The van der Waals surface area contributed by atoms with Crippen molar-refractivity contribution in [2.45, 2.75) is 37.5 Å². The van der Waals surface area contributed by atoms with Gasteiger partial charge in [-0.2, -0.15) is 0 Å². The van der Waals surface area contributed by atoms with E-state index in [0.717, 1.165) is 0 Å². The fraction of sp³-hybridized carbons (Fsp3) is 0.333. The largest absolute Gasteiger partial charge is 0.508 e. The lowest BCUT2D eigenvalue weighted by Crippen LogP contribution is -2.12. The Balaban J connectivity index is 1.64. The number of aromatic hydroxyl groups is 2. The first kappa shape index (κ1) is 13.0. The molecular weight excluding hydrogens is 248 g/mol. The highest BCUT2D eigenvalue weighted by Crippen LogP contribution is 2.40. The molecule has 2 aromatic carbocycles. The van der Waals surface area contributed by atoms with Crippen LogP contribution in [0, 0.1) is 0 Å². The van der Waals surface area contributed by atoms with Crippen LogP contribution < -0.4 is 0 Å². The summed E-state index contributed by atoms with van der Waals surface area (Å²) in [4.78, 5) is 0. The normalized spacial score (nSPS) is 22.6. The molecule has 3 rings (SSSR count). The minimum absolute atomic E-state index is 0.339. The van der Waals surface area contributed by atoms with Crippen molar-refractivity contribution < 1.29 is 10.2 Å². The lowest BCUT2D eigenvalue weighted by Gasteiger charge is -2.29. The molecule has 0 unspecified atom stereocenters. The first-order chi connectivity index (χ1) is 9.72. The van der Waals surface area contributed by atoms with Crippen molar-refractivity contribution in [2.75, 3.05) is 0 Å². The third kappa shape index (κ3) is 2.79. The van der Waals surface area contributed by atoms with E-state index in [-0.39, 0.29) is 0 Å². The first-order valence-electron chi connectivity index (χ1n) is 7.30. The van der Waals surface area contributed by atoms with E-state index in [2.05, 4.69) is 0 Å². The monoisotopic (exact) mass is 268 g/mol. The maximum absolute atomic E-state index is 9.35. The Bertz CT molecular complexity index is 495. The molecule has 1 aliphatic rings. The second kappa shape index (κ2) is 5.58. The van der Waals surface area contributed by atoms with E-state index in [0.29, 0.717) is 23.3 Å². The van der Waals surface area contributed by atoms with E-state index in [1.807, 2.05) is 24.3 Å². The molecule has 1 aliphatic carbocycles. The molecular formula is C18H20O2. The van der Waals surface area contributed by atoms with E-state index in [4.69, 9.17) is 0 Å². The summed E-state index contributed by atoms with van der Waals surface area (Å²) in [6, 6.07) is 15.3. The zero-order chi connectivity index (χ0) is 13.9. The molecule has 1 saturated carbocycles. The Morgan fingerprint density at radius 3 is 1.15 bits per heavy atom. The Morgan fingerprint density at radius 1 is 0.550 bits per heavy atom. The van der Waals surface area contributed by atoms with Crippen molar-refractivity contribution in [3.05, 3.63) is 59.7 Å². The van der Waals surface area contributed by atoms with Gasteiger partial charge in [-0.1, -0.05) is 24.3 Å². The van der Waals surface area contributed by atoms with Gasteiger partial charge in [0.2, 0.25) is 0 Å². The van der Waals surface area contributed by atoms with Crippen LogP contribution in [-0.2, 0) is 0 Å². The van der Waals surface area contributed by atoms with E-state index in [1.165, 1.54) is 36.8 Å². The highest BCUT2D eigenvalue weighted by Gasteiger charge is 2.23. The maximum Gasteiger partial charge on any atom is 0.115 e. The van der Waals surface area contributed by atoms with E-state index >= 15 is 0 Å². The first-order valence-corrected chi connectivity index (χ1v) is 7.30. The maximum atomic E-state index is 9.35. The molecule has 2 N–H and O–H groups in total. The van der Waals surface area contributed by atoms with Crippen LogP contribution in [0.5, 0.6) is 11.5 Å². The summed E-state index contributed by atoms with van der Waals surface area (Å²) in [5, 5.41) is 18.7. The highest BCUT2D eigenvalue weighted by atomic mass is 16.3. The average Bonchev–Trinajstić information content (AvgIpc) is 2.49. The molecule has 0 atom stereocenters. The molecule has 20 heavy (non-hydrogen) atoms. The zero-order valence-electron chi connectivity index (χ0n) is 11.5. The van der Waals surface area contributed by atoms with Gasteiger partial charge in [-0.3, -0.25) is 0 Å². The van der Waals surface area contributed by atoms with Crippen LogP contribution >= 0.6 is 0 Å². The number of hydrogen-bond donors (Lipinski definition) is 2. The predicted molar refractivity (Wildman–Crippen MR) is 80.2 cm³/mol. The second-order valence-electron chi connectivity index (χ2n) is 5.73. The molecule has 1 fully saturated rings. The number of phenols is 2. The summed E-state index contributed by atoms with van der Waals surface area (Å²) < 4.78 is 0. The molecule has 2 heteroatoms. The van der Waals surface area contributed by atoms with Crippen molar-refractivity contribution in [1.29, 1.82) is 0 Å². The van der Waals surface area contributed by atoms with Crippen molar-refractivity contribution in [3.8, 4) is 11.5 Å². The third-order valence-electron chi connectivity index (χ3n) is 4.46. The summed E-state index contributed by atoms with van der Waals surface area (Å²) in [7, 11) is 0. The average molecular weight is 268 g/mol. The number of hydrogen-bond acceptors (Lipinski definition) is 2. The van der Waals surface area contributed by atoms with Crippen molar-refractivity contribution >= 4 is 0 Å². The van der Waals surface area contributed by atoms with Gasteiger partial charge in [-0.05, 0) is 72.9 Å². The fourth-order valence-electron chi connectivity index (χ4n) is 3.25. The van der Waals surface area contributed by atoms with Gasteiger partial charge in [0, 0.05) is 0 Å². The van der Waals surface area contributed by atoms with Crippen molar-refractivity contribution in [1.82, 2.24) is 0 Å². The Labute approximate surface area is 119 Å². The molecule has 2 aromatic rings.